The molecule has 1 amide bonds. The molecule has 0 saturated carbocycles. The molecule has 236 valence electrons. The summed E-state index contributed by atoms with van der Waals surface area (Å²) < 4.78 is 32.8. The van der Waals surface area contributed by atoms with Gasteiger partial charge in [0.05, 0.1) is 21.5 Å². The summed E-state index contributed by atoms with van der Waals surface area (Å²) in [5.41, 5.74) is 9.19. The van der Waals surface area contributed by atoms with E-state index in [0.717, 1.165) is 16.7 Å². The lowest BCUT2D eigenvalue weighted by atomic mass is 10.1. The highest BCUT2D eigenvalue weighted by molar-refractivity contribution is 7.91. The summed E-state index contributed by atoms with van der Waals surface area (Å²) in [4.78, 5) is 18.5. The van der Waals surface area contributed by atoms with E-state index < -0.39 is 21.8 Å². The zero-order chi connectivity index (χ0) is 32.5. The van der Waals surface area contributed by atoms with E-state index in [1.165, 1.54) is 18.2 Å². The SMILES string of the molecule is NC(=O)c1cc(S(=O)(=O)c2ccc(CCN(Cc3ccccc3)C[C@@H](O)c3ccc(Cl)nc3)cc2)ccc1OCc1ccccc1. The van der Waals surface area contributed by atoms with E-state index in [0.29, 0.717) is 36.8 Å². The molecule has 5 aromatic rings. The monoisotopic (exact) mass is 655 g/mol. The normalized spacial score (nSPS) is 12.2. The Labute approximate surface area is 274 Å². The van der Waals surface area contributed by atoms with Crippen LogP contribution in [0, 0.1) is 0 Å². The van der Waals surface area contributed by atoms with Crippen molar-refractivity contribution in [2.24, 2.45) is 5.73 Å². The molecule has 0 unspecified atom stereocenters. The molecule has 10 heteroatoms. The van der Waals surface area contributed by atoms with Crippen LogP contribution in [0.25, 0.3) is 0 Å². The average molecular weight is 656 g/mol. The number of aliphatic hydroxyl groups excluding tert-OH is 1. The smallest absolute Gasteiger partial charge is 0.252 e. The van der Waals surface area contributed by atoms with Crippen LogP contribution in [0.5, 0.6) is 5.75 Å². The Morgan fingerprint density at radius 3 is 2.13 bits per heavy atom. The van der Waals surface area contributed by atoms with Gasteiger partial charge in [-0.05, 0) is 59.5 Å². The minimum atomic E-state index is -3.94. The molecule has 5 rings (SSSR count). The van der Waals surface area contributed by atoms with E-state index >= 15 is 0 Å². The van der Waals surface area contributed by atoms with Crippen molar-refractivity contribution in [1.82, 2.24) is 9.88 Å². The number of ether oxygens (including phenoxy) is 1. The van der Waals surface area contributed by atoms with Crippen LogP contribution in [-0.4, -0.2) is 42.4 Å². The molecule has 46 heavy (non-hydrogen) atoms. The van der Waals surface area contributed by atoms with E-state index in [9.17, 15) is 18.3 Å². The second kappa shape index (κ2) is 15.2. The molecule has 0 aliphatic carbocycles. The fourth-order valence-corrected chi connectivity index (χ4v) is 6.40. The van der Waals surface area contributed by atoms with E-state index in [4.69, 9.17) is 22.1 Å². The molecular formula is C36H34ClN3O5S. The van der Waals surface area contributed by atoms with Crippen LogP contribution in [0.2, 0.25) is 5.15 Å². The van der Waals surface area contributed by atoms with Crippen molar-refractivity contribution in [3.05, 3.63) is 154 Å². The number of carbonyl (C=O) groups excluding carboxylic acids is 1. The van der Waals surface area contributed by atoms with Gasteiger partial charge in [0.15, 0.2) is 0 Å². The summed E-state index contributed by atoms with van der Waals surface area (Å²) in [5, 5.41) is 11.3. The highest BCUT2D eigenvalue weighted by atomic mass is 35.5. The van der Waals surface area contributed by atoms with Gasteiger partial charge in [0.1, 0.15) is 17.5 Å². The Balaban J connectivity index is 1.28. The second-order valence-electron chi connectivity index (χ2n) is 10.8. The highest BCUT2D eigenvalue weighted by Crippen LogP contribution is 2.28. The Kier molecular flexibility index (Phi) is 10.8. The lowest BCUT2D eigenvalue weighted by Gasteiger charge is -2.25. The van der Waals surface area contributed by atoms with Crippen molar-refractivity contribution in [3.63, 3.8) is 0 Å². The first-order chi connectivity index (χ1) is 22.2. The Morgan fingerprint density at radius 2 is 1.50 bits per heavy atom. The lowest BCUT2D eigenvalue weighted by molar-refractivity contribution is 0.0995. The number of carbonyl (C=O) groups is 1. The van der Waals surface area contributed by atoms with E-state index in [1.807, 2.05) is 60.7 Å². The zero-order valence-electron chi connectivity index (χ0n) is 25.0. The molecule has 4 aromatic carbocycles. The van der Waals surface area contributed by atoms with Gasteiger partial charge < -0.3 is 15.6 Å². The third kappa shape index (κ3) is 8.58. The van der Waals surface area contributed by atoms with E-state index in [-0.39, 0.29) is 27.7 Å². The minimum absolute atomic E-state index is 0.0105. The van der Waals surface area contributed by atoms with E-state index in [1.54, 1.807) is 42.6 Å². The fraction of sp³-hybridized carbons (Fsp3) is 0.167. The molecule has 0 aliphatic heterocycles. The molecule has 3 N–H and O–H groups in total. The van der Waals surface area contributed by atoms with Crippen molar-refractivity contribution in [2.75, 3.05) is 13.1 Å². The van der Waals surface area contributed by atoms with Gasteiger partial charge in [0, 0.05) is 31.4 Å². The van der Waals surface area contributed by atoms with Crippen LogP contribution in [0.4, 0.5) is 0 Å². The Hall–Kier alpha value is -4.54. The Morgan fingerprint density at radius 1 is 0.848 bits per heavy atom. The molecule has 0 saturated heterocycles. The molecule has 8 nitrogen and oxygen atoms in total. The standard InChI is InChI=1S/C36H34ClN3O5S/c37-35-18-13-29(22-39-35)33(41)24-40(23-27-7-3-1-4-8-27)20-19-26-11-14-30(15-12-26)46(43,44)31-16-17-34(32(21-31)36(38)42)45-25-28-9-5-2-6-10-28/h1-18,21-22,33,41H,19-20,23-25H2,(H2,38,42)/t33-/m1/s1. The van der Waals surface area contributed by atoms with Crippen molar-refractivity contribution in [3.8, 4) is 5.75 Å². The summed E-state index contributed by atoms with van der Waals surface area (Å²) in [6.07, 6.45) is 1.43. The van der Waals surface area contributed by atoms with Crippen molar-refractivity contribution in [2.45, 2.75) is 35.5 Å². The van der Waals surface area contributed by atoms with Crippen LogP contribution in [0.1, 0.15) is 38.7 Å². The van der Waals surface area contributed by atoms with Crippen molar-refractivity contribution < 1.29 is 23.1 Å². The van der Waals surface area contributed by atoms with Crippen LogP contribution in [0.3, 0.4) is 0 Å². The number of aromatic nitrogens is 1. The van der Waals surface area contributed by atoms with Gasteiger partial charge in [0.25, 0.3) is 5.91 Å². The molecule has 1 atom stereocenters. The molecular weight excluding hydrogens is 622 g/mol. The zero-order valence-corrected chi connectivity index (χ0v) is 26.6. The van der Waals surface area contributed by atoms with Crippen LogP contribution < -0.4 is 10.5 Å². The van der Waals surface area contributed by atoms with Crippen LogP contribution in [-0.2, 0) is 29.4 Å². The summed E-state index contributed by atoms with van der Waals surface area (Å²) >= 11 is 5.91. The number of sulfone groups is 1. The number of benzene rings is 4. The third-order valence-electron chi connectivity index (χ3n) is 7.53. The first-order valence-corrected chi connectivity index (χ1v) is 16.6. The maximum absolute atomic E-state index is 13.5. The second-order valence-corrected chi connectivity index (χ2v) is 13.2. The van der Waals surface area contributed by atoms with Crippen LogP contribution >= 0.6 is 11.6 Å². The number of nitrogens with zero attached hydrogens (tertiary/aromatic N) is 2. The van der Waals surface area contributed by atoms with E-state index in [2.05, 4.69) is 9.88 Å². The van der Waals surface area contributed by atoms with Crippen LogP contribution in [0.15, 0.2) is 131 Å². The average Bonchev–Trinajstić information content (AvgIpc) is 3.07. The number of rotatable bonds is 14. The van der Waals surface area contributed by atoms with Crippen molar-refractivity contribution in [1.29, 1.82) is 0 Å². The first-order valence-electron chi connectivity index (χ1n) is 14.7. The molecule has 1 aromatic heterocycles. The summed E-state index contributed by atoms with van der Waals surface area (Å²) in [7, 11) is -3.94. The van der Waals surface area contributed by atoms with Gasteiger partial charge in [-0.25, -0.2) is 13.4 Å². The maximum Gasteiger partial charge on any atom is 0.252 e. The van der Waals surface area contributed by atoms with Gasteiger partial charge in [0.2, 0.25) is 9.84 Å². The number of pyridine rings is 1. The van der Waals surface area contributed by atoms with Gasteiger partial charge in [-0.2, -0.15) is 0 Å². The quantitative estimate of drug-likeness (QED) is 0.140. The number of halogens is 1. The van der Waals surface area contributed by atoms with Crippen molar-refractivity contribution >= 4 is 27.3 Å². The minimum Gasteiger partial charge on any atom is -0.488 e. The number of nitrogens with two attached hydrogens (primary N) is 1. The lowest BCUT2D eigenvalue weighted by Crippen LogP contribution is -2.30. The number of primary amides is 1. The summed E-state index contributed by atoms with van der Waals surface area (Å²) in [6.45, 7) is 1.82. The maximum atomic E-state index is 13.5. The summed E-state index contributed by atoms with van der Waals surface area (Å²) in [6, 6.07) is 33.6. The summed E-state index contributed by atoms with van der Waals surface area (Å²) in [5.74, 6) is -0.573. The first kappa shape index (κ1) is 32.8. The molecule has 0 radical (unpaired) electrons. The predicted octanol–water partition coefficient (Wildman–Crippen LogP) is 6.02. The molecule has 0 spiro atoms. The van der Waals surface area contributed by atoms with Gasteiger partial charge in [-0.15, -0.1) is 0 Å². The predicted molar refractivity (Wildman–Crippen MR) is 177 cm³/mol. The number of hydrogen-bond donors (Lipinski definition) is 2. The molecule has 1 heterocycles. The van der Waals surface area contributed by atoms with Gasteiger partial charge >= 0.3 is 0 Å². The fourth-order valence-electron chi connectivity index (χ4n) is 5.00. The molecule has 0 fully saturated rings. The number of hydrogen-bond acceptors (Lipinski definition) is 7. The van der Waals surface area contributed by atoms with Gasteiger partial charge in [-0.3, -0.25) is 9.69 Å². The highest BCUT2D eigenvalue weighted by Gasteiger charge is 2.22. The number of aliphatic hydroxyl groups is 1. The number of amides is 1. The Bertz CT molecular complexity index is 1850. The molecule has 0 bridgehead atoms. The topological polar surface area (TPSA) is 123 Å². The largest absolute Gasteiger partial charge is 0.488 e. The van der Waals surface area contributed by atoms with Gasteiger partial charge in [-0.1, -0.05) is 90.5 Å². The molecule has 0 aliphatic rings. The third-order valence-corrected chi connectivity index (χ3v) is 9.52.